The lowest BCUT2D eigenvalue weighted by Crippen LogP contribution is -2.19. The molecule has 0 amide bonds. The number of sulfone groups is 1. The van der Waals surface area contributed by atoms with Crippen molar-refractivity contribution in [2.24, 2.45) is 0 Å². The summed E-state index contributed by atoms with van der Waals surface area (Å²) >= 11 is 0. The summed E-state index contributed by atoms with van der Waals surface area (Å²) in [4.78, 5) is 2.07. The largest absolute Gasteiger partial charge is 0.369 e. The molecule has 0 radical (unpaired) electrons. The highest BCUT2D eigenvalue weighted by atomic mass is 32.2. The Morgan fingerprint density at radius 2 is 1.88 bits per heavy atom. The van der Waals surface area contributed by atoms with Crippen LogP contribution in [0.2, 0.25) is 0 Å². The third-order valence-corrected chi connectivity index (χ3v) is 3.90. The van der Waals surface area contributed by atoms with Gasteiger partial charge in [-0.25, -0.2) is 12.8 Å². The van der Waals surface area contributed by atoms with E-state index in [1.165, 1.54) is 18.2 Å². The van der Waals surface area contributed by atoms with Crippen LogP contribution in [0.3, 0.4) is 0 Å². The molecule has 0 aromatic heterocycles. The van der Waals surface area contributed by atoms with E-state index in [0.29, 0.717) is 5.69 Å². The van der Waals surface area contributed by atoms with Crippen LogP contribution in [-0.4, -0.2) is 27.8 Å². The molecule has 0 unspecified atom stereocenters. The van der Waals surface area contributed by atoms with E-state index < -0.39 is 9.84 Å². The predicted molar refractivity (Wildman–Crippen MR) is 61.0 cm³/mol. The monoisotopic (exact) mass is 243 g/mol. The molecule has 88 valence electrons. The summed E-state index contributed by atoms with van der Waals surface area (Å²) in [6, 6.07) is 3.96. The number of rotatable bonds is 2. The van der Waals surface area contributed by atoms with Crippen LogP contribution < -0.4 is 4.90 Å². The fourth-order valence-corrected chi connectivity index (χ4v) is 2.56. The second-order valence-corrected chi connectivity index (χ2v) is 6.10. The molecule has 1 aromatic rings. The van der Waals surface area contributed by atoms with E-state index in [-0.39, 0.29) is 10.7 Å². The molecule has 1 heterocycles. The second-order valence-electron chi connectivity index (χ2n) is 4.08. The summed E-state index contributed by atoms with van der Waals surface area (Å²) < 4.78 is 36.3. The fraction of sp³-hybridized carbons (Fsp3) is 0.455. The minimum atomic E-state index is -3.26. The van der Waals surface area contributed by atoms with Gasteiger partial charge in [-0.1, -0.05) is 0 Å². The van der Waals surface area contributed by atoms with E-state index in [1.54, 1.807) is 0 Å². The topological polar surface area (TPSA) is 37.4 Å². The molecule has 2 rings (SSSR count). The highest BCUT2D eigenvalue weighted by molar-refractivity contribution is 7.90. The number of anilines is 1. The van der Waals surface area contributed by atoms with Crippen molar-refractivity contribution >= 4 is 15.5 Å². The van der Waals surface area contributed by atoms with Gasteiger partial charge in [0, 0.05) is 19.3 Å². The molecular weight excluding hydrogens is 229 g/mol. The Morgan fingerprint density at radius 1 is 1.25 bits per heavy atom. The molecule has 1 fully saturated rings. The zero-order chi connectivity index (χ0) is 11.8. The standard InChI is InChI=1S/C11H14FNO2S/c1-16(14,15)9-4-5-10(12)11(8-9)13-6-2-3-7-13/h4-5,8H,2-3,6-7H2,1H3. The SMILES string of the molecule is CS(=O)(=O)c1ccc(F)c(N2CCCC2)c1. The van der Waals surface area contributed by atoms with Crippen molar-refractivity contribution in [3.63, 3.8) is 0 Å². The molecule has 0 saturated carbocycles. The average molecular weight is 243 g/mol. The van der Waals surface area contributed by atoms with Gasteiger partial charge in [-0.3, -0.25) is 0 Å². The number of hydrogen-bond donors (Lipinski definition) is 0. The molecule has 0 atom stereocenters. The lowest BCUT2D eigenvalue weighted by molar-refractivity contribution is 0.600. The van der Waals surface area contributed by atoms with Gasteiger partial charge in [0.1, 0.15) is 5.82 Å². The van der Waals surface area contributed by atoms with Gasteiger partial charge in [0.15, 0.2) is 9.84 Å². The highest BCUT2D eigenvalue weighted by Gasteiger charge is 2.18. The maximum Gasteiger partial charge on any atom is 0.175 e. The minimum absolute atomic E-state index is 0.177. The average Bonchev–Trinajstić information content (AvgIpc) is 2.69. The quantitative estimate of drug-likeness (QED) is 0.744. The summed E-state index contributed by atoms with van der Waals surface area (Å²) in [7, 11) is -3.26. The Labute approximate surface area is 94.8 Å². The van der Waals surface area contributed by atoms with Crippen molar-refractivity contribution in [1.82, 2.24) is 0 Å². The van der Waals surface area contributed by atoms with Crippen molar-refractivity contribution in [2.75, 3.05) is 24.2 Å². The summed E-state index contributed by atoms with van der Waals surface area (Å²) in [5.41, 5.74) is 0.403. The third-order valence-electron chi connectivity index (χ3n) is 2.79. The third kappa shape index (κ3) is 2.19. The number of benzene rings is 1. The van der Waals surface area contributed by atoms with Crippen molar-refractivity contribution in [3.8, 4) is 0 Å². The molecule has 5 heteroatoms. The molecule has 1 saturated heterocycles. The van der Waals surface area contributed by atoms with Crippen LogP contribution in [0.25, 0.3) is 0 Å². The Hall–Kier alpha value is -1.10. The van der Waals surface area contributed by atoms with Crippen LogP contribution in [0.1, 0.15) is 12.8 Å². The number of hydrogen-bond acceptors (Lipinski definition) is 3. The molecule has 0 N–H and O–H groups in total. The van der Waals surface area contributed by atoms with Crippen LogP contribution in [0, 0.1) is 5.82 Å². The Bertz CT molecular complexity index is 493. The zero-order valence-electron chi connectivity index (χ0n) is 9.11. The van der Waals surface area contributed by atoms with Gasteiger partial charge in [-0.15, -0.1) is 0 Å². The first kappa shape index (κ1) is 11.4. The van der Waals surface area contributed by atoms with E-state index in [9.17, 15) is 12.8 Å². The van der Waals surface area contributed by atoms with Gasteiger partial charge in [0.05, 0.1) is 10.6 Å². The van der Waals surface area contributed by atoms with Crippen LogP contribution in [0.15, 0.2) is 23.1 Å². The van der Waals surface area contributed by atoms with Crippen molar-refractivity contribution < 1.29 is 12.8 Å². The Morgan fingerprint density at radius 3 is 2.44 bits per heavy atom. The smallest absolute Gasteiger partial charge is 0.175 e. The van der Waals surface area contributed by atoms with Gasteiger partial charge in [-0.05, 0) is 31.0 Å². The lowest BCUT2D eigenvalue weighted by Gasteiger charge is -2.18. The summed E-state index contributed by atoms with van der Waals surface area (Å²) in [5.74, 6) is -0.353. The molecule has 1 aliphatic rings. The summed E-state index contributed by atoms with van der Waals surface area (Å²) in [6.07, 6.45) is 3.19. The first-order valence-corrected chi connectivity index (χ1v) is 7.12. The highest BCUT2D eigenvalue weighted by Crippen LogP contribution is 2.26. The van der Waals surface area contributed by atoms with Crippen molar-refractivity contribution in [3.05, 3.63) is 24.0 Å². The van der Waals surface area contributed by atoms with Crippen molar-refractivity contribution in [2.45, 2.75) is 17.7 Å². The van der Waals surface area contributed by atoms with Crippen LogP contribution in [0.5, 0.6) is 0 Å². The maximum atomic E-state index is 13.6. The molecule has 0 spiro atoms. The number of halogens is 1. The number of nitrogens with zero attached hydrogens (tertiary/aromatic N) is 1. The maximum absolute atomic E-state index is 13.6. The van der Waals surface area contributed by atoms with E-state index in [2.05, 4.69) is 0 Å². The van der Waals surface area contributed by atoms with Crippen molar-refractivity contribution in [1.29, 1.82) is 0 Å². The molecular formula is C11H14FNO2S. The molecule has 0 aliphatic carbocycles. The van der Waals surface area contributed by atoms with E-state index in [1.807, 2.05) is 4.90 Å². The van der Waals surface area contributed by atoms with Gasteiger partial charge in [-0.2, -0.15) is 0 Å². The molecule has 1 aliphatic heterocycles. The van der Waals surface area contributed by atoms with Crippen LogP contribution in [0.4, 0.5) is 10.1 Å². The summed E-state index contributed by atoms with van der Waals surface area (Å²) in [5, 5.41) is 0. The minimum Gasteiger partial charge on any atom is -0.369 e. The first-order valence-electron chi connectivity index (χ1n) is 5.23. The van der Waals surface area contributed by atoms with Crippen LogP contribution >= 0.6 is 0 Å². The molecule has 16 heavy (non-hydrogen) atoms. The summed E-state index contributed by atoms with van der Waals surface area (Å²) in [6.45, 7) is 1.59. The fourth-order valence-electron chi connectivity index (χ4n) is 1.92. The van der Waals surface area contributed by atoms with Gasteiger partial charge in [0.2, 0.25) is 0 Å². The first-order chi connectivity index (χ1) is 7.48. The van der Waals surface area contributed by atoms with Gasteiger partial charge < -0.3 is 4.90 Å². The van der Waals surface area contributed by atoms with E-state index in [0.717, 1.165) is 32.2 Å². The van der Waals surface area contributed by atoms with Gasteiger partial charge >= 0.3 is 0 Å². The molecule has 3 nitrogen and oxygen atoms in total. The van der Waals surface area contributed by atoms with E-state index >= 15 is 0 Å². The Kier molecular flexibility index (Phi) is 2.88. The molecule has 0 bridgehead atoms. The Balaban J connectivity index is 2.44. The zero-order valence-corrected chi connectivity index (χ0v) is 9.93. The van der Waals surface area contributed by atoms with E-state index in [4.69, 9.17) is 0 Å². The predicted octanol–water partition coefficient (Wildman–Crippen LogP) is 1.83. The normalized spacial score (nSPS) is 16.8. The van der Waals surface area contributed by atoms with Gasteiger partial charge in [0.25, 0.3) is 0 Å². The molecule has 1 aromatic carbocycles. The lowest BCUT2D eigenvalue weighted by atomic mass is 10.3. The van der Waals surface area contributed by atoms with Crippen LogP contribution in [-0.2, 0) is 9.84 Å². The second kappa shape index (κ2) is 4.05.